The van der Waals surface area contributed by atoms with Gasteiger partial charge in [0.1, 0.15) is 5.69 Å². The van der Waals surface area contributed by atoms with Crippen LogP contribution in [-0.2, 0) is 13.5 Å². The van der Waals surface area contributed by atoms with Gasteiger partial charge >= 0.3 is 5.69 Å². The lowest BCUT2D eigenvalue weighted by molar-refractivity contribution is -0.384. The molecule has 2 N–H and O–H groups in total. The maximum atomic E-state index is 11.4. The Balaban J connectivity index is 1.95. The van der Waals surface area contributed by atoms with Gasteiger partial charge in [-0.2, -0.15) is 5.10 Å². The molecule has 7 nitrogen and oxygen atoms in total. The smallest absolute Gasteiger partial charge is 0.334 e. The average Bonchev–Trinajstić information content (AvgIpc) is 3.03. The van der Waals surface area contributed by atoms with Gasteiger partial charge in [-0.05, 0) is 31.1 Å². The monoisotopic (exact) mass is 279 g/mol. The molecule has 2 fully saturated rings. The van der Waals surface area contributed by atoms with Crippen molar-refractivity contribution in [3.8, 4) is 0 Å². The third-order valence-corrected chi connectivity index (χ3v) is 4.79. The topological polar surface area (TPSA) is 90.2 Å². The lowest BCUT2D eigenvalue weighted by Gasteiger charge is -2.19. The number of nitro groups is 1. The summed E-state index contributed by atoms with van der Waals surface area (Å²) in [7, 11) is 1.79. The molecule has 1 aliphatic heterocycles. The molecule has 0 radical (unpaired) electrons. The van der Waals surface area contributed by atoms with Gasteiger partial charge in [0.05, 0.1) is 4.92 Å². The molecule has 1 saturated carbocycles. The average molecular weight is 279 g/mol. The van der Waals surface area contributed by atoms with E-state index in [9.17, 15) is 10.1 Å². The first kappa shape index (κ1) is 13.4. The van der Waals surface area contributed by atoms with Gasteiger partial charge in [-0.15, -0.1) is 0 Å². The van der Waals surface area contributed by atoms with Crippen LogP contribution in [0, 0.1) is 22.0 Å². The molecule has 1 aromatic heterocycles. The van der Waals surface area contributed by atoms with Crippen LogP contribution >= 0.6 is 0 Å². The van der Waals surface area contributed by atoms with Crippen molar-refractivity contribution in [3.05, 3.63) is 15.8 Å². The fourth-order valence-corrected chi connectivity index (χ4v) is 3.82. The van der Waals surface area contributed by atoms with Crippen molar-refractivity contribution >= 4 is 11.5 Å². The Labute approximate surface area is 117 Å². The Morgan fingerprint density at radius 1 is 1.45 bits per heavy atom. The lowest BCUT2D eigenvalue weighted by Crippen LogP contribution is -2.31. The number of hydrogen-bond donors (Lipinski definition) is 1. The molecule has 3 unspecified atom stereocenters. The van der Waals surface area contributed by atoms with Gasteiger partial charge in [-0.1, -0.05) is 6.92 Å². The number of hydrogen-bond acceptors (Lipinski definition) is 5. The Morgan fingerprint density at radius 3 is 2.80 bits per heavy atom. The van der Waals surface area contributed by atoms with E-state index in [0.717, 1.165) is 25.9 Å². The minimum absolute atomic E-state index is 0.170. The molecule has 7 heteroatoms. The molecule has 20 heavy (non-hydrogen) atoms. The first-order chi connectivity index (χ1) is 9.52. The number of aromatic nitrogens is 2. The van der Waals surface area contributed by atoms with Crippen molar-refractivity contribution in [2.24, 2.45) is 24.6 Å². The molecule has 0 spiro atoms. The summed E-state index contributed by atoms with van der Waals surface area (Å²) >= 11 is 0. The molecule has 2 heterocycles. The predicted octanol–water partition coefficient (Wildman–Crippen LogP) is 1.06. The maximum Gasteiger partial charge on any atom is 0.334 e. The van der Waals surface area contributed by atoms with Gasteiger partial charge in [0.2, 0.25) is 5.82 Å². The molecule has 2 aliphatic rings. The van der Waals surface area contributed by atoms with Crippen LogP contribution in [0.3, 0.4) is 0 Å². The van der Waals surface area contributed by atoms with Gasteiger partial charge in [0.25, 0.3) is 0 Å². The molecule has 1 aliphatic carbocycles. The fourth-order valence-electron chi connectivity index (χ4n) is 3.82. The summed E-state index contributed by atoms with van der Waals surface area (Å²) in [5.74, 6) is 1.69. The minimum Gasteiger partial charge on any atom is -0.350 e. The Kier molecular flexibility index (Phi) is 3.16. The number of anilines is 1. The second-order valence-electron chi connectivity index (χ2n) is 5.92. The lowest BCUT2D eigenvalue weighted by atomic mass is 9.98. The van der Waals surface area contributed by atoms with Gasteiger partial charge in [-0.25, -0.2) is 4.68 Å². The Hall–Kier alpha value is -1.63. The van der Waals surface area contributed by atoms with E-state index in [-0.39, 0.29) is 16.7 Å². The number of fused-ring (bicyclic) bond motifs is 1. The molecular weight excluding hydrogens is 258 g/mol. The maximum absolute atomic E-state index is 11.4. The molecule has 110 valence electrons. The molecule has 0 amide bonds. The van der Waals surface area contributed by atoms with Crippen molar-refractivity contribution in [1.82, 2.24) is 9.78 Å². The van der Waals surface area contributed by atoms with Crippen LogP contribution in [0.5, 0.6) is 0 Å². The van der Waals surface area contributed by atoms with Gasteiger partial charge in [0.15, 0.2) is 0 Å². The Morgan fingerprint density at radius 2 is 2.20 bits per heavy atom. The zero-order chi connectivity index (χ0) is 14.4. The third-order valence-electron chi connectivity index (χ3n) is 4.79. The summed E-state index contributed by atoms with van der Waals surface area (Å²) < 4.78 is 1.66. The third kappa shape index (κ3) is 1.88. The summed E-state index contributed by atoms with van der Waals surface area (Å²) in [6, 6.07) is 0.239. The normalized spacial score (nSPS) is 28.9. The van der Waals surface area contributed by atoms with E-state index in [2.05, 4.69) is 10.00 Å². The molecule has 0 bridgehead atoms. The van der Waals surface area contributed by atoms with E-state index in [0.29, 0.717) is 29.8 Å². The summed E-state index contributed by atoms with van der Waals surface area (Å²) in [6.07, 6.45) is 2.79. The van der Waals surface area contributed by atoms with Crippen LogP contribution in [0.15, 0.2) is 0 Å². The largest absolute Gasteiger partial charge is 0.350 e. The SMILES string of the molecule is CCc1nn(C)c(N2CC3CCC(N)C3C2)c1[N+](=O)[O-]. The van der Waals surface area contributed by atoms with Crippen LogP contribution in [0.2, 0.25) is 0 Å². The summed E-state index contributed by atoms with van der Waals surface area (Å²) in [5.41, 5.74) is 6.88. The number of aryl methyl sites for hydroxylation is 2. The molecule has 3 rings (SSSR count). The highest BCUT2D eigenvalue weighted by molar-refractivity contribution is 5.62. The fraction of sp³-hybridized carbons (Fsp3) is 0.769. The number of nitrogens with two attached hydrogens (primary N) is 1. The highest BCUT2D eigenvalue weighted by Gasteiger charge is 2.44. The summed E-state index contributed by atoms with van der Waals surface area (Å²) in [4.78, 5) is 13.2. The quantitative estimate of drug-likeness (QED) is 0.660. The van der Waals surface area contributed by atoms with Crippen molar-refractivity contribution in [3.63, 3.8) is 0 Å². The highest BCUT2D eigenvalue weighted by atomic mass is 16.6. The van der Waals surface area contributed by atoms with Crippen LogP contribution in [0.4, 0.5) is 11.5 Å². The van der Waals surface area contributed by atoms with E-state index >= 15 is 0 Å². The Bertz CT molecular complexity index is 541. The van der Waals surface area contributed by atoms with E-state index in [1.807, 2.05) is 6.92 Å². The second-order valence-corrected chi connectivity index (χ2v) is 5.92. The van der Waals surface area contributed by atoms with Gasteiger partial charge < -0.3 is 10.6 Å². The first-order valence-electron chi connectivity index (χ1n) is 7.23. The van der Waals surface area contributed by atoms with E-state index in [1.165, 1.54) is 0 Å². The molecular formula is C13H21N5O2. The standard InChI is InChI=1S/C13H21N5O2/c1-3-11-12(18(19)20)13(16(2)15-11)17-6-8-4-5-10(14)9(8)7-17/h8-10H,3-7,14H2,1-2H3. The van der Waals surface area contributed by atoms with Crippen LogP contribution in [-0.4, -0.2) is 33.8 Å². The minimum atomic E-state index is -0.296. The van der Waals surface area contributed by atoms with E-state index in [1.54, 1.807) is 11.7 Å². The molecule has 3 atom stereocenters. The predicted molar refractivity (Wildman–Crippen MR) is 75.6 cm³/mol. The van der Waals surface area contributed by atoms with Crippen molar-refractivity contribution in [1.29, 1.82) is 0 Å². The number of rotatable bonds is 3. The molecule has 0 aromatic carbocycles. The van der Waals surface area contributed by atoms with E-state index < -0.39 is 0 Å². The van der Waals surface area contributed by atoms with E-state index in [4.69, 9.17) is 5.73 Å². The van der Waals surface area contributed by atoms with Crippen LogP contribution in [0.1, 0.15) is 25.5 Å². The van der Waals surface area contributed by atoms with Crippen molar-refractivity contribution < 1.29 is 4.92 Å². The summed E-state index contributed by atoms with van der Waals surface area (Å²) in [5, 5.41) is 15.7. The molecule has 1 aromatic rings. The van der Waals surface area contributed by atoms with Crippen molar-refractivity contribution in [2.45, 2.75) is 32.2 Å². The van der Waals surface area contributed by atoms with Crippen molar-refractivity contribution in [2.75, 3.05) is 18.0 Å². The zero-order valence-electron chi connectivity index (χ0n) is 12.0. The van der Waals surface area contributed by atoms with Crippen LogP contribution < -0.4 is 10.6 Å². The first-order valence-corrected chi connectivity index (χ1v) is 7.23. The zero-order valence-corrected chi connectivity index (χ0v) is 12.0. The van der Waals surface area contributed by atoms with Gasteiger partial charge in [0, 0.05) is 26.2 Å². The van der Waals surface area contributed by atoms with Crippen LogP contribution in [0.25, 0.3) is 0 Å². The summed E-state index contributed by atoms with van der Waals surface area (Å²) in [6.45, 7) is 3.57. The second kappa shape index (κ2) is 4.73. The number of nitrogens with zero attached hydrogens (tertiary/aromatic N) is 4. The van der Waals surface area contributed by atoms with Gasteiger partial charge in [-0.3, -0.25) is 10.1 Å². The molecule has 1 saturated heterocycles. The highest BCUT2D eigenvalue weighted by Crippen LogP contribution is 2.42.